The van der Waals surface area contributed by atoms with Crippen molar-refractivity contribution < 1.29 is 0 Å². The quantitative estimate of drug-likeness (QED) is 0.167. The van der Waals surface area contributed by atoms with E-state index < -0.39 is 0 Å². The fourth-order valence-corrected chi connectivity index (χ4v) is 10.5. The zero-order valence-electron chi connectivity index (χ0n) is 41.6. The van der Waals surface area contributed by atoms with Crippen molar-refractivity contribution in [1.82, 2.24) is 14.1 Å². The third-order valence-corrected chi connectivity index (χ3v) is 14.7. The number of benzene rings is 7. The van der Waals surface area contributed by atoms with Gasteiger partial charge in [-0.3, -0.25) is 4.57 Å². The Kier molecular flexibility index (Phi) is 9.88. The molecule has 0 atom stereocenters. The third kappa shape index (κ3) is 7.17. The van der Waals surface area contributed by atoms with E-state index in [-0.39, 0.29) is 21.7 Å². The van der Waals surface area contributed by atoms with Crippen LogP contribution in [0.1, 0.15) is 104 Å². The predicted molar refractivity (Wildman–Crippen MR) is 290 cm³/mol. The van der Waals surface area contributed by atoms with Crippen molar-refractivity contribution in [2.24, 2.45) is 0 Å². The Morgan fingerprint density at radius 2 is 0.868 bits per heavy atom. The van der Waals surface area contributed by atoms with Crippen molar-refractivity contribution in [3.63, 3.8) is 0 Å². The van der Waals surface area contributed by atoms with Crippen LogP contribution >= 0.6 is 0 Å². The molecule has 0 unspecified atom stereocenters. The minimum atomic E-state index is -0.331. The first-order chi connectivity index (χ1) is 32.4. The minimum absolute atomic E-state index is 0.0234. The second-order valence-corrected chi connectivity index (χ2v) is 22.7. The fourth-order valence-electron chi connectivity index (χ4n) is 10.5. The summed E-state index contributed by atoms with van der Waals surface area (Å²) in [5.74, 6) is 0.925. The molecule has 0 bridgehead atoms. The van der Waals surface area contributed by atoms with Gasteiger partial charge >= 0.3 is 0 Å². The topological polar surface area (TPSA) is 29.2 Å². The van der Waals surface area contributed by atoms with Crippen LogP contribution < -0.4 is 9.80 Å². The maximum atomic E-state index is 5.12. The Morgan fingerprint density at radius 3 is 1.49 bits per heavy atom. The van der Waals surface area contributed by atoms with Gasteiger partial charge in [-0.2, -0.15) is 0 Å². The number of aromatic nitrogens is 3. The molecular formula is C63H63N5. The predicted octanol–water partition coefficient (Wildman–Crippen LogP) is 16.7. The van der Waals surface area contributed by atoms with Crippen LogP contribution in [0, 0.1) is 0 Å². The number of nitrogens with zero attached hydrogens (tertiary/aromatic N) is 5. The van der Waals surface area contributed by atoms with Gasteiger partial charge < -0.3 is 14.4 Å². The highest BCUT2D eigenvalue weighted by Crippen LogP contribution is 2.47. The molecule has 0 radical (unpaired) electrons. The van der Waals surface area contributed by atoms with E-state index in [4.69, 9.17) is 4.98 Å². The molecule has 0 fully saturated rings. The molecule has 1 aliphatic rings. The zero-order chi connectivity index (χ0) is 47.5. The van der Waals surface area contributed by atoms with Gasteiger partial charge in [0.1, 0.15) is 12.5 Å². The lowest BCUT2D eigenvalue weighted by molar-refractivity contribution is 0.568. The van der Waals surface area contributed by atoms with Crippen LogP contribution in [0.5, 0.6) is 0 Å². The van der Waals surface area contributed by atoms with Gasteiger partial charge in [-0.15, -0.1) is 0 Å². The molecule has 0 spiro atoms. The second-order valence-electron chi connectivity index (χ2n) is 22.7. The van der Waals surface area contributed by atoms with E-state index >= 15 is 0 Å². The van der Waals surface area contributed by atoms with Crippen LogP contribution in [-0.4, -0.2) is 20.8 Å². The number of para-hydroxylation sites is 4. The van der Waals surface area contributed by atoms with Crippen LogP contribution in [0.3, 0.4) is 0 Å². The van der Waals surface area contributed by atoms with Gasteiger partial charge in [0.05, 0.1) is 33.4 Å². The maximum absolute atomic E-state index is 5.12. The summed E-state index contributed by atoms with van der Waals surface area (Å²) in [6, 6.07) is 61.4. The lowest BCUT2D eigenvalue weighted by atomic mass is 9.77. The van der Waals surface area contributed by atoms with Gasteiger partial charge in [-0.05, 0) is 123 Å². The van der Waals surface area contributed by atoms with Crippen LogP contribution in [0.15, 0.2) is 170 Å². The second kappa shape index (κ2) is 15.5. The Balaban J connectivity index is 1.03. The minimum Gasteiger partial charge on any atom is -0.321 e. The third-order valence-electron chi connectivity index (χ3n) is 14.7. The number of fused-ring (bicyclic) bond motifs is 7. The van der Waals surface area contributed by atoms with Crippen molar-refractivity contribution in [3.05, 3.63) is 198 Å². The van der Waals surface area contributed by atoms with Crippen LogP contribution in [0.4, 0.5) is 22.7 Å². The Morgan fingerprint density at radius 1 is 0.353 bits per heavy atom. The van der Waals surface area contributed by atoms with Gasteiger partial charge in [-0.25, -0.2) is 4.98 Å². The SMILES string of the molecule is CC(C)(C)c1cc(N2CN(c3cccc(C(C)(C)c4ccc5c6ccc(-n7c8ccccc8c8ccccc87)cc6n(-c6cc(C(C)(C)C)ccn6)c5c4)c3)c3ccccc32)cc(C(C)(C)C)c1. The molecule has 3 aromatic heterocycles. The van der Waals surface area contributed by atoms with Crippen LogP contribution in [0.25, 0.3) is 55.1 Å². The van der Waals surface area contributed by atoms with Gasteiger partial charge in [0, 0.05) is 50.2 Å². The average molecular weight is 890 g/mol. The summed E-state index contributed by atoms with van der Waals surface area (Å²) < 4.78 is 4.82. The van der Waals surface area contributed by atoms with Gasteiger partial charge in [0.25, 0.3) is 0 Å². The number of rotatable bonds is 6. The molecule has 0 saturated carbocycles. The molecule has 68 heavy (non-hydrogen) atoms. The van der Waals surface area contributed by atoms with E-state index in [1.807, 2.05) is 6.20 Å². The van der Waals surface area contributed by atoms with Crippen molar-refractivity contribution in [2.45, 2.75) is 97.8 Å². The van der Waals surface area contributed by atoms with Crippen molar-refractivity contribution in [2.75, 3.05) is 16.5 Å². The lowest BCUT2D eigenvalue weighted by Gasteiger charge is -2.30. The molecule has 0 aliphatic carbocycles. The van der Waals surface area contributed by atoms with E-state index in [1.165, 1.54) is 83.1 Å². The molecule has 1 aliphatic heterocycles. The summed E-state index contributed by atoms with van der Waals surface area (Å²) in [6.07, 6.45) is 1.98. The van der Waals surface area contributed by atoms with Crippen LogP contribution in [-0.2, 0) is 21.7 Å². The summed E-state index contributed by atoms with van der Waals surface area (Å²) >= 11 is 0. The molecule has 10 aromatic rings. The fraction of sp³-hybridized carbons (Fsp3) is 0.254. The van der Waals surface area contributed by atoms with E-state index in [0.29, 0.717) is 0 Å². The maximum Gasteiger partial charge on any atom is 0.137 e. The van der Waals surface area contributed by atoms with Crippen molar-refractivity contribution in [1.29, 1.82) is 0 Å². The van der Waals surface area contributed by atoms with E-state index in [1.54, 1.807) is 0 Å². The molecule has 11 rings (SSSR count). The van der Waals surface area contributed by atoms with E-state index in [0.717, 1.165) is 29.2 Å². The summed E-state index contributed by atoms with van der Waals surface area (Å²) in [5, 5.41) is 4.93. The normalized spacial score (nSPS) is 13.7. The monoisotopic (exact) mass is 890 g/mol. The Bertz CT molecular complexity index is 3510. The van der Waals surface area contributed by atoms with E-state index in [9.17, 15) is 0 Å². The highest BCUT2D eigenvalue weighted by molar-refractivity contribution is 6.12. The van der Waals surface area contributed by atoms with Crippen molar-refractivity contribution >= 4 is 66.4 Å². The number of hydrogen-bond donors (Lipinski definition) is 0. The van der Waals surface area contributed by atoms with E-state index in [2.05, 4.69) is 259 Å². The highest BCUT2D eigenvalue weighted by Gasteiger charge is 2.32. The highest BCUT2D eigenvalue weighted by atomic mass is 15.4. The first kappa shape index (κ1) is 43.5. The lowest BCUT2D eigenvalue weighted by Crippen LogP contribution is -2.26. The molecule has 340 valence electrons. The molecular weight excluding hydrogens is 827 g/mol. The van der Waals surface area contributed by atoms with Gasteiger partial charge in [0.15, 0.2) is 0 Å². The number of anilines is 4. The zero-order valence-corrected chi connectivity index (χ0v) is 41.6. The molecule has 0 saturated heterocycles. The molecule has 5 nitrogen and oxygen atoms in total. The number of hydrogen-bond acceptors (Lipinski definition) is 3. The average Bonchev–Trinajstić information content (AvgIpc) is 3.98. The van der Waals surface area contributed by atoms with Crippen LogP contribution in [0.2, 0.25) is 0 Å². The van der Waals surface area contributed by atoms with Crippen molar-refractivity contribution in [3.8, 4) is 11.5 Å². The Hall–Kier alpha value is -7.11. The molecule has 4 heterocycles. The molecule has 5 heteroatoms. The van der Waals surface area contributed by atoms with Gasteiger partial charge in [0.2, 0.25) is 0 Å². The van der Waals surface area contributed by atoms with Gasteiger partial charge in [-0.1, -0.05) is 161 Å². The largest absolute Gasteiger partial charge is 0.321 e. The molecule has 7 aromatic carbocycles. The summed E-state index contributed by atoms with van der Waals surface area (Å²) in [4.78, 5) is 10.1. The summed E-state index contributed by atoms with van der Waals surface area (Å²) in [7, 11) is 0. The molecule has 0 N–H and O–H groups in total. The first-order valence-electron chi connectivity index (χ1n) is 24.3. The number of pyridine rings is 1. The standard InChI is InChI=1S/C63H63N5/c1-60(2,3)41-31-32-64-59(38-41)68-57-37-43(27-29-51(57)52-30-28-47(39-58(52)68)67-53-23-14-12-21-49(53)50-22-13-15-24-54(50)67)63(10,11)42-19-18-20-46(34-42)65-40-66(56-26-17-16-25-55(56)65)48-35-44(61(4,5)6)33-45(36-48)62(7,8)9/h12-39H,40H2,1-11H3. The Labute approximate surface area is 402 Å². The smallest absolute Gasteiger partial charge is 0.137 e. The summed E-state index contributed by atoms with van der Waals surface area (Å²) in [5.41, 5.74) is 16.8. The molecule has 0 amide bonds. The summed E-state index contributed by atoms with van der Waals surface area (Å²) in [6.45, 7) is 26.2. The first-order valence-corrected chi connectivity index (χ1v) is 24.3.